The van der Waals surface area contributed by atoms with Gasteiger partial charge in [-0.1, -0.05) is 12.1 Å². The Kier molecular flexibility index (Phi) is 5.26. The van der Waals surface area contributed by atoms with E-state index < -0.39 is 15.8 Å². The van der Waals surface area contributed by atoms with Crippen LogP contribution in [0.25, 0.3) is 0 Å². The Morgan fingerprint density at radius 2 is 1.93 bits per heavy atom. The number of aromatic nitrogens is 1. The zero-order valence-corrected chi connectivity index (χ0v) is 17.3. The standard InChI is InChI=1S/C22H20FN3O3S/c1-14(2)29-18-7-6-16-13-25-22(20(16)12-18)15-8-9-24-21(10-15)26-30(27,28)19-5-3-4-17(23)11-19/h3-12,14H,13H2,1-2H3,(H,24,26). The molecule has 154 valence electrons. The highest BCUT2D eigenvalue weighted by molar-refractivity contribution is 7.92. The van der Waals surface area contributed by atoms with Gasteiger partial charge < -0.3 is 4.74 Å². The highest BCUT2D eigenvalue weighted by atomic mass is 32.2. The molecule has 0 bridgehead atoms. The number of fused-ring (bicyclic) bond motifs is 1. The van der Waals surface area contributed by atoms with Crippen LogP contribution in [0.2, 0.25) is 0 Å². The smallest absolute Gasteiger partial charge is 0.263 e. The van der Waals surface area contributed by atoms with Gasteiger partial charge in [0.25, 0.3) is 10.0 Å². The van der Waals surface area contributed by atoms with Crippen molar-refractivity contribution in [3.8, 4) is 5.75 Å². The molecule has 0 radical (unpaired) electrons. The third kappa shape index (κ3) is 4.18. The van der Waals surface area contributed by atoms with Crippen LogP contribution >= 0.6 is 0 Å². The molecule has 30 heavy (non-hydrogen) atoms. The number of benzene rings is 2. The molecule has 0 saturated heterocycles. The molecule has 1 aliphatic heterocycles. The lowest BCUT2D eigenvalue weighted by Gasteiger charge is -2.12. The van der Waals surface area contributed by atoms with E-state index in [0.29, 0.717) is 6.54 Å². The minimum absolute atomic E-state index is 0.0506. The van der Waals surface area contributed by atoms with Crippen LogP contribution in [0.5, 0.6) is 5.75 Å². The van der Waals surface area contributed by atoms with Crippen molar-refractivity contribution in [1.29, 1.82) is 0 Å². The third-order valence-corrected chi connectivity index (χ3v) is 5.85. The van der Waals surface area contributed by atoms with E-state index in [1.165, 1.54) is 24.4 Å². The van der Waals surface area contributed by atoms with Crippen LogP contribution in [0.15, 0.2) is 70.7 Å². The van der Waals surface area contributed by atoms with E-state index in [-0.39, 0.29) is 16.8 Å². The lowest BCUT2D eigenvalue weighted by molar-refractivity contribution is 0.242. The van der Waals surface area contributed by atoms with Gasteiger partial charge in [0.1, 0.15) is 17.4 Å². The van der Waals surface area contributed by atoms with E-state index in [1.807, 2.05) is 32.0 Å². The molecule has 1 aliphatic rings. The Morgan fingerprint density at radius 3 is 2.70 bits per heavy atom. The fraction of sp³-hybridized carbons (Fsp3) is 0.182. The van der Waals surface area contributed by atoms with Crippen molar-refractivity contribution in [3.05, 3.63) is 83.3 Å². The van der Waals surface area contributed by atoms with Gasteiger partial charge in [-0.2, -0.15) is 0 Å². The Morgan fingerprint density at radius 1 is 1.10 bits per heavy atom. The van der Waals surface area contributed by atoms with Gasteiger partial charge in [-0.3, -0.25) is 9.71 Å². The summed E-state index contributed by atoms with van der Waals surface area (Å²) in [6, 6.07) is 14.0. The number of sulfonamides is 1. The minimum Gasteiger partial charge on any atom is -0.491 e. The fourth-order valence-corrected chi connectivity index (χ4v) is 4.25. The topological polar surface area (TPSA) is 80.6 Å². The minimum atomic E-state index is -3.97. The molecule has 8 heteroatoms. The maximum absolute atomic E-state index is 13.4. The molecule has 1 aromatic heterocycles. The maximum Gasteiger partial charge on any atom is 0.263 e. The van der Waals surface area contributed by atoms with Gasteiger partial charge in [0.05, 0.1) is 23.3 Å². The average Bonchev–Trinajstić information content (AvgIpc) is 3.11. The number of hydrogen-bond acceptors (Lipinski definition) is 5. The van der Waals surface area contributed by atoms with Crippen molar-refractivity contribution in [2.75, 3.05) is 4.72 Å². The molecular weight excluding hydrogens is 405 g/mol. The largest absolute Gasteiger partial charge is 0.491 e. The number of ether oxygens (including phenoxy) is 1. The van der Waals surface area contributed by atoms with Gasteiger partial charge in [-0.25, -0.2) is 17.8 Å². The van der Waals surface area contributed by atoms with E-state index in [2.05, 4.69) is 14.7 Å². The number of aliphatic imine (C=N–C) groups is 1. The van der Waals surface area contributed by atoms with E-state index in [1.54, 1.807) is 12.1 Å². The Hall–Kier alpha value is -3.26. The van der Waals surface area contributed by atoms with Crippen molar-refractivity contribution in [2.24, 2.45) is 4.99 Å². The monoisotopic (exact) mass is 425 g/mol. The van der Waals surface area contributed by atoms with E-state index in [9.17, 15) is 12.8 Å². The SMILES string of the molecule is CC(C)Oc1ccc2c(c1)C(c1ccnc(NS(=O)(=O)c3cccc(F)c3)c1)=NC2. The van der Waals surface area contributed by atoms with Crippen LogP contribution in [0.1, 0.15) is 30.5 Å². The zero-order valence-electron chi connectivity index (χ0n) is 16.5. The van der Waals surface area contributed by atoms with Crippen LogP contribution in [0.4, 0.5) is 10.2 Å². The van der Waals surface area contributed by atoms with Crippen molar-refractivity contribution in [2.45, 2.75) is 31.4 Å². The summed E-state index contributed by atoms with van der Waals surface area (Å²) in [5, 5.41) is 0. The Balaban J connectivity index is 1.63. The highest BCUT2D eigenvalue weighted by Gasteiger charge is 2.20. The molecule has 4 rings (SSSR count). The van der Waals surface area contributed by atoms with Crippen molar-refractivity contribution >= 4 is 21.6 Å². The number of anilines is 1. The summed E-state index contributed by atoms with van der Waals surface area (Å²) in [6.07, 6.45) is 1.56. The Bertz CT molecular complexity index is 1240. The van der Waals surface area contributed by atoms with Gasteiger partial charge in [0.15, 0.2) is 0 Å². The van der Waals surface area contributed by atoms with Gasteiger partial charge in [-0.05, 0) is 61.9 Å². The molecule has 3 aromatic rings. The maximum atomic E-state index is 13.4. The van der Waals surface area contributed by atoms with Gasteiger partial charge in [0, 0.05) is 17.3 Å². The summed E-state index contributed by atoms with van der Waals surface area (Å²) in [6.45, 7) is 4.46. The van der Waals surface area contributed by atoms with Gasteiger partial charge in [0.2, 0.25) is 0 Å². The number of nitrogens with one attached hydrogen (secondary N) is 1. The fourth-order valence-electron chi connectivity index (χ4n) is 3.22. The molecule has 0 unspecified atom stereocenters. The average molecular weight is 425 g/mol. The van der Waals surface area contributed by atoms with Crippen LogP contribution in [0.3, 0.4) is 0 Å². The molecule has 0 fully saturated rings. The molecular formula is C22H20FN3O3S. The number of hydrogen-bond donors (Lipinski definition) is 1. The first-order valence-corrected chi connectivity index (χ1v) is 10.9. The van der Waals surface area contributed by atoms with Crippen molar-refractivity contribution in [3.63, 3.8) is 0 Å². The van der Waals surface area contributed by atoms with E-state index in [4.69, 9.17) is 4.74 Å². The van der Waals surface area contributed by atoms with Crippen LogP contribution in [-0.4, -0.2) is 25.2 Å². The van der Waals surface area contributed by atoms with E-state index >= 15 is 0 Å². The predicted octanol–water partition coefficient (Wildman–Crippen LogP) is 4.16. The molecule has 2 heterocycles. The number of rotatable bonds is 6. The molecule has 1 N–H and O–H groups in total. The quantitative estimate of drug-likeness (QED) is 0.643. The first kappa shape index (κ1) is 20.0. The Labute approximate surface area is 174 Å². The summed E-state index contributed by atoms with van der Waals surface area (Å²) in [5.74, 6) is 0.248. The molecule has 0 saturated carbocycles. The lowest BCUT2D eigenvalue weighted by Crippen LogP contribution is -2.14. The van der Waals surface area contributed by atoms with Crippen molar-refractivity contribution in [1.82, 2.24) is 4.98 Å². The lowest BCUT2D eigenvalue weighted by atomic mass is 10.0. The molecule has 2 aromatic carbocycles. The third-order valence-electron chi connectivity index (χ3n) is 4.49. The van der Waals surface area contributed by atoms with Crippen LogP contribution < -0.4 is 9.46 Å². The molecule has 6 nitrogen and oxygen atoms in total. The molecule has 0 atom stereocenters. The van der Waals surface area contributed by atoms with Crippen molar-refractivity contribution < 1.29 is 17.5 Å². The zero-order chi connectivity index (χ0) is 21.3. The summed E-state index contributed by atoms with van der Waals surface area (Å²) < 4.78 is 46.7. The van der Waals surface area contributed by atoms with Crippen LogP contribution in [0, 0.1) is 5.82 Å². The normalized spacial score (nSPS) is 13.1. The summed E-state index contributed by atoms with van der Waals surface area (Å²) in [5.41, 5.74) is 3.48. The molecule has 0 amide bonds. The van der Waals surface area contributed by atoms with Gasteiger partial charge >= 0.3 is 0 Å². The first-order chi connectivity index (χ1) is 14.3. The summed E-state index contributed by atoms with van der Waals surface area (Å²) in [7, 11) is -3.97. The second-order valence-corrected chi connectivity index (χ2v) is 8.83. The van der Waals surface area contributed by atoms with Gasteiger partial charge in [-0.15, -0.1) is 0 Å². The number of nitrogens with zero attached hydrogens (tertiary/aromatic N) is 2. The second-order valence-electron chi connectivity index (χ2n) is 7.14. The summed E-state index contributed by atoms with van der Waals surface area (Å²) in [4.78, 5) is 8.53. The number of halogens is 1. The number of pyridine rings is 1. The molecule has 0 spiro atoms. The molecule has 0 aliphatic carbocycles. The van der Waals surface area contributed by atoms with E-state index in [0.717, 1.165) is 34.2 Å². The highest BCUT2D eigenvalue weighted by Crippen LogP contribution is 2.28. The van der Waals surface area contributed by atoms with Crippen LogP contribution in [-0.2, 0) is 16.6 Å². The first-order valence-electron chi connectivity index (χ1n) is 9.41. The second kappa shape index (κ2) is 7.87. The summed E-state index contributed by atoms with van der Waals surface area (Å²) >= 11 is 0. The predicted molar refractivity (Wildman–Crippen MR) is 113 cm³/mol.